The van der Waals surface area contributed by atoms with Crippen molar-refractivity contribution in [2.75, 3.05) is 11.9 Å². The molecule has 0 atom stereocenters. The molecule has 0 spiro atoms. The Balaban J connectivity index is 1.46. The van der Waals surface area contributed by atoms with Gasteiger partial charge in [-0.25, -0.2) is 9.78 Å². The van der Waals surface area contributed by atoms with Gasteiger partial charge in [-0.1, -0.05) is 17.7 Å². The number of anilines is 1. The molecule has 0 radical (unpaired) electrons. The fourth-order valence-corrected chi connectivity index (χ4v) is 3.88. The molecule has 0 unspecified atom stereocenters. The molecule has 1 aliphatic rings. The molecule has 2 N–H and O–H groups in total. The van der Waals surface area contributed by atoms with Crippen molar-refractivity contribution in [3.63, 3.8) is 0 Å². The van der Waals surface area contributed by atoms with Crippen LogP contribution in [-0.4, -0.2) is 17.6 Å². The number of aromatic nitrogens is 1. The third-order valence-corrected chi connectivity index (χ3v) is 5.05. The molecule has 1 heterocycles. The van der Waals surface area contributed by atoms with Crippen LogP contribution in [0.4, 0.5) is 10.5 Å². The molecule has 4 nitrogen and oxygen atoms in total. The molecule has 22 heavy (non-hydrogen) atoms. The van der Waals surface area contributed by atoms with E-state index in [9.17, 15) is 4.79 Å². The van der Waals surface area contributed by atoms with Crippen LogP contribution in [0.25, 0.3) is 0 Å². The lowest BCUT2D eigenvalue weighted by Gasteiger charge is -2.07. The average molecular weight is 336 g/mol. The molecule has 6 heteroatoms. The van der Waals surface area contributed by atoms with E-state index in [0.29, 0.717) is 17.3 Å². The summed E-state index contributed by atoms with van der Waals surface area (Å²) in [6, 6.07) is 6.88. The summed E-state index contributed by atoms with van der Waals surface area (Å²) >= 11 is 7.68. The van der Waals surface area contributed by atoms with E-state index in [4.69, 9.17) is 11.6 Å². The highest BCUT2D eigenvalue weighted by molar-refractivity contribution is 7.11. The van der Waals surface area contributed by atoms with E-state index in [-0.39, 0.29) is 6.03 Å². The first-order valence-electron chi connectivity index (χ1n) is 7.48. The molecule has 0 saturated carbocycles. The second-order valence-electron chi connectivity index (χ2n) is 5.33. The zero-order valence-corrected chi connectivity index (χ0v) is 13.8. The van der Waals surface area contributed by atoms with Crippen molar-refractivity contribution in [1.29, 1.82) is 0 Å². The first-order chi connectivity index (χ1) is 10.7. The minimum atomic E-state index is -0.219. The Morgan fingerprint density at radius 1 is 1.32 bits per heavy atom. The van der Waals surface area contributed by atoms with E-state index in [1.807, 2.05) is 0 Å². The topological polar surface area (TPSA) is 54.0 Å². The Labute approximate surface area is 138 Å². The van der Waals surface area contributed by atoms with Crippen LogP contribution >= 0.6 is 22.9 Å². The zero-order valence-electron chi connectivity index (χ0n) is 12.2. The lowest BCUT2D eigenvalue weighted by molar-refractivity contribution is 0.252. The van der Waals surface area contributed by atoms with Gasteiger partial charge in [0, 0.05) is 28.6 Å². The quantitative estimate of drug-likeness (QED) is 0.886. The molecule has 0 fully saturated rings. The van der Waals surface area contributed by atoms with Gasteiger partial charge < -0.3 is 10.6 Å². The zero-order chi connectivity index (χ0) is 15.4. The predicted molar refractivity (Wildman–Crippen MR) is 90.9 cm³/mol. The monoisotopic (exact) mass is 335 g/mol. The van der Waals surface area contributed by atoms with Crippen LogP contribution in [0.2, 0.25) is 5.02 Å². The third kappa shape index (κ3) is 3.99. The fourth-order valence-electron chi connectivity index (χ4n) is 2.54. The lowest BCUT2D eigenvalue weighted by Crippen LogP contribution is -2.30. The minimum Gasteiger partial charge on any atom is -0.337 e. The number of benzene rings is 1. The van der Waals surface area contributed by atoms with Crippen molar-refractivity contribution < 1.29 is 4.79 Å². The highest BCUT2D eigenvalue weighted by Crippen LogP contribution is 2.26. The van der Waals surface area contributed by atoms with E-state index in [1.54, 1.807) is 35.6 Å². The number of fused-ring (bicyclic) bond motifs is 1. The number of thiazole rings is 1. The summed E-state index contributed by atoms with van der Waals surface area (Å²) in [6.07, 6.45) is 5.57. The van der Waals surface area contributed by atoms with Gasteiger partial charge in [0.2, 0.25) is 0 Å². The van der Waals surface area contributed by atoms with Crippen molar-refractivity contribution in [1.82, 2.24) is 10.3 Å². The number of carbonyl (C=O) groups excluding carboxylic acids is 1. The van der Waals surface area contributed by atoms with E-state index in [0.717, 1.165) is 24.3 Å². The second-order valence-corrected chi connectivity index (χ2v) is 6.93. The SMILES string of the molecule is O=C(NCCc1nc2c(s1)CCCC2)Nc1cccc(Cl)c1. The minimum absolute atomic E-state index is 0.219. The maximum absolute atomic E-state index is 11.8. The molecule has 1 aromatic carbocycles. The van der Waals surface area contributed by atoms with Crippen LogP contribution in [0.3, 0.4) is 0 Å². The molecule has 2 amide bonds. The maximum atomic E-state index is 11.8. The van der Waals surface area contributed by atoms with Crippen molar-refractivity contribution in [3.8, 4) is 0 Å². The summed E-state index contributed by atoms with van der Waals surface area (Å²) in [5.74, 6) is 0. The standard InChI is InChI=1S/C16H18ClN3OS/c17-11-4-3-5-12(10-11)19-16(21)18-9-8-15-20-13-6-1-2-7-14(13)22-15/h3-5,10H,1-2,6-9H2,(H2,18,19,21). The van der Waals surface area contributed by atoms with Crippen LogP contribution in [0.5, 0.6) is 0 Å². The Morgan fingerprint density at radius 2 is 2.18 bits per heavy atom. The fraction of sp³-hybridized carbons (Fsp3) is 0.375. The highest BCUT2D eigenvalue weighted by atomic mass is 35.5. The number of halogens is 1. The predicted octanol–water partition coefficient (Wildman–Crippen LogP) is 4.04. The Morgan fingerprint density at radius 3 is 3.00 bits per heavy atom. The summed E-state index contributed by atoms with van der Waals surface area (Å²) in [5, 5.41) is 7.34. The number of hydrogen-bond acceptors (Lipinski definition) is 3. The van der Waals surface area contributed by atoms with Crippen molar-refractivity contribution >= 4 is 34.7 Å². The van der Waals surface area contributed by atoms with Crippen molar-refractivity contribution in [3.05, 3.63) is 44.9 Å². The second kappa shape index (κ2) is 7.11. The number of nitrogens with zero attached hydrogens (tertiary/aromatic N) is 1. The summed E-state index contributed by atoms with van der Waals surface area (Å²) in [5.41, 5.74) is 1.96. The van der Waals surface area contributed by atoms with Gasteiger partial charge >= 0.3 is 6.03 Å². The number of rotatable bonds is 4. The molecule has 3 rings (SSSR count). The van der Waals surface area contributed by atoms with Gasteiger partial charge in [0.1, 0.15) is 0 Å². The van der Waals surface area contributed by atoms with Gasteiger partial charge in [-0.3, -0.25) is 0 Å². The molecule has 116 valence electrons. The molecule has 0 bridgehead atoms. The van der Waals surface area contributed by atoms with E-state index in [2.05, 4.69) is 15.6 Å². The van der Waals surface area contributed by atoms with Crippen molar-refractivity contribution in [2.45, 2.75) is 32.1 Å². The van der Waals surface area contributed by atoms with Crippen LogP contribution in [0, 0.1) is 0 Å². The Hall–Kier alpha value is -1.59. The summed E-state index contributed by atoms with van der Waals surface area (Å²) in [7, 11) is 0. The van der Waals surface area contributed by atoms with Crippen molar-refractivity contribution in [2.24, 2.45) is 0 Å². The number of hydrogen-bond donors (Lipinski definition) is 2. The van der Waals surface area contributed by atoms with Crippen LogP contribution in [0.1, 0.15) is 28.4 Å². The van der Waals surface area contributed by atoms with Gasteiger partial charge in [-0.05, 0) is 43.9 Å². The molecule has 0 aliphatic heterocycles. The summed E-state index contributed by atoms with van der Waals surface area (Å²) in [6.45, 7) is 0.582. The van der Waals surface area contributed by atoms with Crippen LogP contribution < -0.4 is 10.6 Å². The van der Waals surface area contributed by atoms with Gasteiger partial charge in [0.15, 0.2) is 0 Å². The van der Waals surface area contributed by atoms with E-state index in [1.165, 1.54) is 23.4 Å². The third-order valence-electron chi connectivity index (χ3n) is 3.60. The highest BCUT2D eigenvalue weighted by Gasteiger charge is 2.14. The first kappa shape index (κ1) is 15.3. The lowest BCUT2D eigenvalue weighted by atomic mass is 10.0. The number of amides is 2. The van der Waals surface area contributed by atoms with Gasteiger partial charge in [0.25, 0.3) is 0 Å². The van der Waals surface area contributed by atoms with Gasteiger partial charge in [-0.15, -0.1) is 11.3 Å². The van der Waals surface area contributed by atoms with Gasteiger partial charge in [-0.2, -0.15) is 0 Å². The summed E-state index contributed by atoms with van der Waals surface area (Å²) in [4.78, 5) is 17.9. The molecule has 1 aliphatic carbocycles. The van der Waals surface area contributed by atoms with E-state index >= 15 is 0 Å². The Kier molecular flexibility index (Phi) is 4.95. The number of nitrogens with one attached hydrogen (secondary N) is 2. The van der Waals surface area contributed by atoms with Crippen LogP contribution in [0.15, 0.2) is 24.3 Å². The molecule has 0 saturated heterocycles. The average Bonchev–Trinajstić information content (AvgIpc) is 2.90. The number of aryl methyl sites for hydroxylation is 2. The largest absolute Gasteiger partial charge is 0.337 e. The van der Waals surface area contributed by atoms with Crippen LogP contribution in [-0.2, 0) is 19.3 Å². The summed E-state index contributed by atoms with van der Waals surface area (Å²) < 4.78 is 0. The van der Waals surface area contributed by atoms with Gasteiger partial charge in [0.05, 0.1) is 10.7 Å². The number of urea groups is 1. The molecule has 2 aromatic rings. The molecular weight excluding hydrogens is 318 g/mol. The smallest absolute Gasteiger partial charge is 0.319 e. The molecular formula is C16H18ClN3OS. The first-order valence-corrected chi connectivity index (χ1v) is 8.68. The Bertz CT molecular complexity index is 648. The van der Waals surface area contributed by atoms with E-state index < -0.39 is 0 Å². The molecule has 1 aromatic heterocycles. The normalized spacial score (nSPS) is 13.5. The maximum Gasteiger partial charge on any atom is 0.319 e. The number of carbonyl (C=O) groups is 1.